The number of amides is 1. The molecule has 2 aromatic rings. The molecule has 2 aliphatic carbocycles. The number of likely N-dealkylation sites (tertiary alicyclic amines) is 1. The zero-order valence-electron chi connectivity index (χ0n) is 16.5. The molecule has 1 saturated heterocycles. The van der Waals surface area contributed by atoms with E-state index >= 15 is 0 Å². The number of hydrogen-bond donors (Lipinski definition) is 2. The van der Waals surface area contributed by atoms with Crippen molar-refractivity contribution in [3.63, 3.8) is 0 Å². The van der Waals surface area contributed by atoms with Crippen LogP contribution in [0.5, 0.6) is 0 Å². The molecule has 3 N–H and O–H groups in total. The van der Waals surface area contributed by atoms with Gasteiger partial charge in [0, 0.05) is 23.8 Å². The van der Waals surface area contributed by atoms with Crippen molar-refractivity contribution >= 4 is 5.91 Å². The molecule has 0 radical (unpaired) electrons. The van der Waals surface area contributed by atoms with Crippen LogP contribution in [0.1, 0.15) is 59.3 Å². The first-order valence-corrected chi connectivity index (χ1v) is 10.4. The Morgan fingerprint density at radius 3 is 2.86 bits per heavy atom. The van der Waals surface area contributed by atoms with E-state index in [1.165, 1.54) is 11.1 Å². The maximum atomic E-state index is 12.2. The van der Waals surface area contributed by atoms with Crippen LogP contribution in [0.25, 0.3) is 0 Å². The number of rotatable bonds is 3. The number of hydrogen-bond acceptors (Lipinski definition) is 3. The Labute approximate surface area is 165 Å². The van der Waals surface area contributed by atoms with Crippen molar-refractivity contribution in [2.45, 2.75) is 62.1 Å². The highest BCUT2D eigenvalue weighted by molar-refractivity contribution is 5.93. The lowest BCUT2D eigenvalue weighted by Crippen LogP contribution is -2.77. The molecule has 2 heterocycles. The minimum atomic E-state index is -0.756. The number of carbonyl (C=O) groups excluding carboxylic acids is 1. The maximum Gasteiger partial charge on any atom is 0.248 e. The molecule has 1 aromatic heterocycles. The molecule has 3 aliphatic rings. The third kappa shape index (κ3) is 2.29. The van der Waals surface area contributed by atoms with Gasteiger partial charge in [-0.2, -0.15) is 0 Å². The molecule has 1 amide bonds. The maximum absolute atomic E-state index is 12.2. The van der Waals surface area contributed by atoms with Crippen molar-refractivity contribution in [2.24, 2.45) is 5.73 Å². The lowest BCUT2D eigenvalue weighted by atomic mass is 9.49. The number of piperidine rings is 1. The molecule has 28 heavy (non-hydrogen) atoms. The van der Waals surface area contributed by atoms with Gasteiger partial charge in [-0.15, -0.1) is 0 Å². The van der Waals surface area contributed by atoms with Crippen LogP contribution in [0.2, 0.25) is 0 Å². The van der Waals surface area contributed by atoms with E-state index in [0.717, 1.165) is 61.9 Å². The first-order valence-electron chi connectivity index (χ1n) is 10.4. The van der Waals surface area contributed by atoms with Crippen LogP contribution in [0.3, 0.4) is 0 Å². The molecule has 4 atom stereocenters. The topological polar surface area (TPSA) is 76.5 Å². The van der Waals surface area contributed by atoms with Crippen molar-refractivity contribution in [3.05, 3.63) is 59.0 Å². The van der Waals surface area contributed by atoms with E-state index in [1.807, 2.05) is 24.3 Å². The van der Waals surface area contributed by atoms with Crippen LogP contribution in [0.15, 0.2) is 41.0 Å². The summed E-state index contributed by atoms with van der Waals surface area (Å²) in [6.07, 6.45) is 7.46. The van der Waals surface area contributed by atoms with Gasteiger partial charge in [-0.25, -0.2) is 0 Å². The molecule has 1 aromatic carbocycles. The number of aliphatic hydroxyl groups is 1. The van der Waals surface area contributed by atoms with Gasteiger partial charge in [-0.3, -0.25) is 4.79 Å². The first kappa shape index (κ1) is 18.0. The Morgan fingerprint density at radius 1 is 1.29 bits per heavy atom. The number of primary amides is 1. The normalized spacial score (nSPS) is 36.4. The molecule has 2 fully saturated rings. The summed E-state index contributed by atoms with van der Waals surface area (Å²) in [6, 6.07) is 9.99. The molecule has 0 spiro atoms. The number of likely N-dealkylation sites (N-methyl/N-ethyl adjacent to an activating group) is 1. The Kier molecular flexibility index (Phi) is 3.81. The Morgan fingerprint density at radius 2 is 2.11 bits per heavy atom. The number of carbonyl (C=O) groups is 1. The highest BCUT2D eigenvalue weighted by Gasteiger charge is 2.68. The molecule has 4 unspecified atom stereocenters. The minimum Gasteiger partial charge on any atom is -0.463 e. The summed E-state index contributed by atoms with van der Waals surface area (Å²) in [7, 11) is 2.27. The second-order valence-electron chi connectivity index (χ2n) is 9.36. The van der Waals surface area contributed by atoms with E-state index in [2.05, 4.69) is 13.1 Å². The fourth-order valence-electron chi connectivity index (χ4n) is 6.62. The Hall–Kier alpha value is -2.11. The van der Waals surface area contributed by atoms with E-state index in [-0.39, 0.29) is 11.5 Å². The summed E-state index contributed by atoms with van der Waals surface area (Å²) in [5, 5.41) is 12.2. The lowest BCUT2D eigenvalue weighted by Gasteiger charge is -2.65. The number of nitrogens with zero attached hydrogens (tertiary/aromatic N) is 1. The summed E-state index contributed by atoms with van der Waals surface area (Å²) in [5.74, 6) is 0.583. The van der Waals surface area contributed by atoms with Crippen LogP contribution < -0.4 is 5.73 Å². The molecule has 5 heteroatoms. The lowest BCUT2D eigenvalue weighted by molar-refractivity contribution is -0.962. The van der Waals surface area contributed by atoms with Crippen molar-refractivity contribution in [1.82, 2.24) is 0 Å². The van der Waals surface area contributed by atoms with Gasteiger partial charge in [0.2, 0.25) is 5.91 Å². The molecular formula is C23H29N2O3+. The number of furan rings is 1. The highest BCUT2D eigenvalue weighted by Crippen LogP contribution is 2.59. The quantitative estimate of drug-likeness (QED) is 0.803. The fourth-order valence-corrected chi connectivity index (χ4v) is 6.62. The predicted molar refractivity (Wildman–Crippen MR) is 106 cm³/mol. The number of fused-ring (bicyclic) bond motifs is 1. The zero-order valence-corrected chi connectivity index (χ0v) is 16.5. The summed E-state index contributed by atoms with van der Waals surface area (Å²) < 4.78 is 6.46. The zero-order chi connectivity index (χ0) is 19.6. The molecule has 5 nitrogen and oxygen atoms in total. The van der Waals surface area contributed by atoms with Crippen LogP contribution in [-0.4, -0.2) is 40.7 Å². The monoisotopic (exact) mass is 381 g/mol. The summed E-state index contributed by atoms with van der Waals surface area (Å²) >= 11 is 0. The van der Waals surface area contributed by atoms with Gasteiger partial charge in [0.05, 0.1) is 19.9 Å². The van der Waals surface area contributed by atoms with Crippen LogP contribution >= 0.6 is 0 Å². The number of benzene rings is 1. The van der Waals surface area contributed by atoms with Crippen molar-refractivity contribution in [2.75, 3.05) is 13.6 Å². The average Bonchev–Trinajstić information content (AvgIpc) is 3.17. The van der Waals surface area contributed by atoms with Gasteiger partial charge in [-0.1, -0.05) is 18.9 Å². The Balaban J connectivity index is 1.65. The smallest absolute Gasteiger partial charge is 0.248 e. The first-order chi connectivity index (χ1) is 13.4. The second-order valence-corrected chi connectivity index (χ2v) is 9.36. The van der Waals surface area contributed by atoms with Crippen LogP contribution in [0.4, 0.5) is 0 Å². The number of quaternary nitrogens is 1. The van der Waals surface area contributed by atoms with Crippen LogP contribution in [0, 0.1) is 0 Å². The molecule has 148 valence electrons. The van der Waals surface area contributed by atoms with Gasteiger partial charge in [0.15, 0.2) is 5.76 Å². The molecular weight excluding hydrogens is 352 g/mol. The second kappa shape index (κ2) is 5.94. The summed E-state index contributed by atoms with van der Waals surface area (Å²) in [5.41, 5.74) is 7.55. The largest absolute Gasteiger partial charge is 0.463 e. The SMILES string of the molecule is C[N+]1(Cc2ccco2)CCC23CCCCC2(O)C1Cc1ccc(C(N)=O)cc13. The Bertz CT molecular complexity index is 924. The summed E-state index contributed by atoms with van der Waals surface area (Å²) in [4.78, 5) is 11.8. The molecule has 2 bridgehead atoms. The highest BCUT2D eigenvalue weighted by atomic mass is 16.3. The van der Waals surface area contributed by atoms with E-state index in [1.54, 1.807) is 6.26 Å². The van der Waals surface area contributed by atoms with Gasteiger partial charge in [-0.05, 0) is 48.2 Å². The van der Waals surface area contributed by atoms with Gasteiger partial charge in [0.1, 0.15) is 18.2 Å². The fraction of sp³-hybridized carbons (Fsp3) is 0.522. The van der Waals surface area contributed by atoms with E-state index in [0.29, 0.717) is 5.56 Å². The number of nitrogens with two attached hydrogens (primary N) is 1. The standard InChI is InChI=1S/C23H28N2O3/c1-25(15-18-5-4-12-28-18)11-10-22-8-2-3-9-23(22,27)20(25)14-16-6-7-17(21(24)26)13-19(16)22/h4-7,12-13,20,27H,2-3,8-11,14-15H2,1H3,(H-,24,26)/p+1. The average molecular weight is 381 g/mol. The van der Waals surface area contributed by atoms with Crippen molar-refractivity contribution in [3.8, 4) is 0 Å². The van der Waals surface area contributed by atoms with Crippen molar-refractivity contribution < 1.29 is 18.8 Å². The third-order valence-corrected chi connectivity index (χ3v) is 8.01. The van der Waals surface area contributed by atoms with Crippen molar-refractivity contribution in [1.29, 1.82) is 0 Å². The van der Waals surface area contributed by atoms with E-state index in [9.17, 15) is 9.90 Å². The van der Waals surface area contributed by atoms with Gasteiger partial charge >= 0.3 is 0 Å². The third-order valence-electron chi connectivity index (χ3n) is 8.01. The summed E-state index contributed by atoms with van der Waals surface area (Å²) in [6.45, 7) is 1.79. The molecule has 1 aliphatic heterocycles. The minimum absolute atomic E-state index is 0.124. The van der Waals surface area contributed by atoms with Crippen LogP contribution in [-0.2, 0) is 18.4 Å². The van der Waals surface area contributed by atoms with E-state index in [4.69, 9.17) is 10.2 Å². The predicted octanol–water partition coefficient (Wildman–Crippen LogP) is 2.90. The molecule has 1 saturated carbocycles. The van der Waals surface area contributed by atoms with Gasteiger partial charge in [0.25, 0.3) is 0 Å². The molecule has 5 rings (SSSR count). The van der Waals surface area contributed by atoms with E-state index < -0.39 is 11.5 Å². The van der Waals surface area contributed by atoms with Gasteiger partial charge < -0.3 is 19.7 Å².